The van der Waals surface area contributed by atoms with Crippen molar-refractivity contribution in [2.45, 2.75) is 26.7 Å². The molecule has 1 heterocycles. The van der Waals surface area contributed by atoms with Crippen LogP contribution in [0.4, 0.5) is 0 Å². The van der Waals surface area contributed by atoms with Crippen molar-refractivity contribution >= 4 is 61.0 Å². The van der Waals surface area contributed by atoms with Gasteiger partial charge < -0.3 is 4.42 Å². The molecule has 0 saturated carbocycles. The van der Waals surface area contributed by atoms with Gasteiger partial charge in [-0.1, -0.05) is 182 Å². The Balaban J connectivity index is 1.16. The molecule has 0 aliphatic carbocycles. The standard InChI is InChI=1S/C59H45NO/c1-3-15-54(58-52(32-33-57-59(58)53-24-12-13-25-56(53)61-57)50-23-14-22-46(38-50)42-16-6-4-7-17-42)60-55(35-40(2)34-41-26-27-44-20-10-11-21-45(44)36-41)51-31-30-48-37-47(28-29-49(48)39-51)43-18-8-5-9-19-43/h4-34,36-39H,3,35H2,1-2H3/b40-34-,54-15+,60-55+. The number of nitrogens with zero attached hydrogens (tertiary/aromatic N) is 1. The minimum Gasteiger partial charge on any atom is -0.456 e. The molecule has 0 atom stereocenters. The molecule has 0 amide bonds. The zero-order chi connectivity index (χ0) is 41.1. The third kappa shape index (κ3) is 7.73. The van der Waals surface area contributed by atoms with Crippen molar-refractivity contribution in [2.24, 2.45) is 4.99 Å². The van der Waals surface area contributed by atoms with Gasteiger partial charge in [0.25, 0.3) is 0 Å². The van der Waals surface area contributed by atoms with E-state index in [1.54, 1.807) is 0 Å². The van der Waals surface area contributed by atoms with E-state index in [1.165, 1.54) is 54.9 Å². The van der Waals surface area contributed by atoms with Crippen LogP contribution >= 0.6 is 0 Å². The van der Waals surface area contributed by atoms with Crippen LogP contribution in [0.1, 0.15) is 43.4 Å². The van der Waals surface area contributed by atoms with Gasteiger partial charge in [0.2, 0.25) is 0 Å². The van der Waals surface area contributed by atoms with E-state index in [1.807, 2.05) is 6.07 Å². The molecule has 0 bridgehead atoms. The Kier molecular flexibility index (Phi) is 10.3. The molecule has 1 aromatic heterocycles. The van der Waals surface area contributed by atoms with Gasteiger partial charge in [0.1, 0.15) is 11.2 Å². The molecule has 10 rings (SSSR count). The number of fused-ring (bicyclic) bond motifs is 5. The maximum Gasteiger partial charge on any atom is 0.136 e. The van der Waals surface area contributed by atoms with Gasteiger partial charge >= 0.3 is 0 Å². The largest absolute Gasteiger partial charge is 0.456 e. The lowest BCUT2D eigenvalue weighted by Crippen LogP contribution is -2.04. The van der Waals surface area contributed by atoms with Crippen molar-refractivity contribution in [3.63, 3.8) is 0 Å². The molecule has 0 radical (unpaired) electrons. The molecule has 0 spiro atoms. The minimum atomic E-state index is 0.669. The van der Waals surface area contributed by atoms with Crippen LogP contribution in [0.25, 0.3) is 88.6 Å². The van der Waals surface area contributed by atoms with Crippen molar-refractivity contribution in [2.75, 3.05) is 0 Å². The zero-order valence-corrected chi connectivity index (χ0v) is 34.5. The molecule has 9 aromatic carbocycles. The summed E-state index contributed by atoms with van der Waals surface area (Å²) in [4.78, 5) is 5.81. The molecular weight excluding hydrogens is 739 g/mol. The van der Waals surface area contributed by atoms with E-state index < -0.39 is 0 Å². The average Bonchev–Trinajstić information content (AvgIpc) is 3.70. The number of allylic oxidation sites excluding steroid dienone is 2. The Morgan fingerprint density at radius 3 is 1.95 bits per heavy atom. The predicted octanol–water partition coefficient (Wildman–Crippen LogP) is 16.6. The van der Waals surface area contributed by atoms with Gasteiger partial charge in [-0.25, -0.2) is 0 Å². The van der Waals surface area contributed by atoms with E-state index in [-0.39, 0.29) is 0 Å². The van der Waals surface area contributed by atoms with E-state index in [0.717, 1.165) is 62.0 Å². The van der Waals surface area contributed by atoms with Crippen molar-refractivity contribution in [3.05, 3.63) is 229 Å². The average molecular weight is 784 g/mol. The van der Waals surface area contributed by atoms with Crippen LogP contribution in [0.5, 0.6) is 0 Å². The number of hydrogen-bond acceptors (Lipinski definition) is 2. The number of furan rings is 1. The van der Waals surface area contributed by atoms with Crippen LogP contribution in [-0.4, -0.2) is 5.71 Å². The molecule has 0 unspecified atom stereocenters. The lowest BCUT2D eigenvalue weighted by Gasteiger charge is -2.16. The van der Waals surface area contributed by atoms with E-state index in [9.17, 15) is 0 Å². The summed E-state index contributed by atoms with van der Waals surface area (Å²) in [5, 5.41) is 7.03. The Morgan fingerprint density at radius 1 is 0.508 bits per heavy atom. The number of benzene rings is 9. The zero-order valence-electron chi connectivity index (χ0n) is 34.5. The molecule has 0 fully saturated rings. The first-order valence-corrected chi connectivity index (χ1v) is 21.2. The van der Waals surface area contributed by atoms with Crippen LogP contribution in [0, 0.1) is 0 Å². The lowest BCUT2D eigenvalue weighted by atomic mass is 9.91. The first-order valence-electron chi connectivity index (χ1n) is 21.2. The molecule has 0 aliphatic rings. The minimum absolute atomic E-state index is 0.669. The monoisotopic (exact) mass is 783 g/mol. The van der Waals surface area contributed by atoms with Crippen LogP contribution in [0.15, 0.2) is 221 Å². The van der Waals surface area contributed by atoms with Crippen molar-refractivity contribution in [1.82, 2.24) is 0 Å². The van der Waals surface area contributed by atoms with Crippen LogP contribution in [0.2, 0.25) is 0 Å². The summed E-state index contributed by atoms with van der Waals surface area (Å²) in [7, 11) is 0. The van der Waals surface area contributed by atoms with Crippen LogP contribution in [0.3, 0.4) is 0 Å². The first kappa shape index (κ1) is 37.7. The number of para-hydroxylation sites is 1. The molecule has 0 N–H and O–H groups in total. The van der Waals surface area contributed by atoms with Crippen LogP contribution < -0.4 is 0 Å². The van der Waals surface area contributed by atoms with Gasteiger partial charge in [-0.2, -0.15) is 0 Å². The van der Waals surface area contributed by atoms with Gasteiger partial charge in [0, 0.05) is 22.8 Å². The maximum atomic E-state index is 6.56. The summed E-state index contributed by atoms with van der Waals surface area (Å²) in [6, 6.07) is 71.6. The summed E-state index contributed by atoms with van der Waals surface area (Å²) < 4.78 is 6.56. The molecule has 2 nitrogen and oxygen atoms in total. The number of rotatable bonds is 10. The highest BCUT2D eigenvalue weighted by Gasteiger charge is 2.21. The molecule has 0 aliphatic heterocycles. The van der Waals surface area contributed by atoms with E-state index in [0.29, 0.717) is 6.42 Å². The Labute approximate surface area is 357 Å². The Bertz CT molecular complexity index is 3310. The topological polar surface area (TPSA) is 25.5 Å². The fourth-order valence-electron chi connectivity index (χ4n) is 8.70. The van der Waals surface area contributed by atoms with Gasteiger partial charge in [-0.05, 0) is 122 Å². The van der Waals surface area contributed by atoms with Crippen molar-refractivity contribution < 1.29 is 4.42 Å². The third-order valence-corrected chi connectivity index (χ3v) is 11.6. The van der Waals surface area contributed by atoms with Gasteiger partial charge in [-0.15, -0.1) is 0 Å². The van der Waals surface area contributed by atoms with Gasteiger partial charge in [0.15, 0.2) is 0 Å². The highest BCUT2D eigenvalue weighted by atomic mass is 16.3. The molecule has 292 valence electrons. The summed E-state index contributed by atoms with van der Waals surface area (Å²) in [6.07, 6.45) is 6.08. The Hall–Kier alpha value is -7.55. The lowest BCUT2D eigenvalue weighted by molar-refractivity contribution is 0.669. The smallest absolute Gasteiger partial charge is 0.136 e. The molecule has 61 heavy (non-hydrogen) atoms. The second-order valence-electron chi connectivity index (χ2n) is 15.9. The van der Waals surface area contributed by atoms with E-state index in [2.05, 4.69) is 220 Å². The van der Waals surface area contributed by atoms with E-state index in [4.69, 9.17) is 9.41 Å². The SMILES string of the molecule is CC/C=C(/N=C(\C/C(C)=C\c1ccc2ccccc2c1)c1ccc2cc(-c3ccccc3)ccc2c1)c1c(-c2cccc(-c3ccccc3)c2)ccc2oc3ccccc3c12. The normalized spacial score (nSPS) is 12.5. The van der Waals surface area contributed by atoms with Gasteiger partial charge in [-0.3, -0.25) is 4.99 Å². The highest BCUT2D eigenvalue weighted by Crippen LogP contribution is 2.42. The van der Waals surface area contributed by atoms with Gasteiger partial charge in [0.05, 0.1) is 11.4 Å². The molecule has 2 heteroatoms. The van der Waals surface area contributed by atoms with Crippen LogP contribution in [-0.2, 0) is 0 Å². The summed E-state index contributed by atoms with van der Waals surface area (Å²) in [5.74, 6) is 0. The summed E-state index contributed by atoms with van der Waals surface area (Å²) in [6.45, 7) is 4.43. The molecular formula is C59H45NO. The summed E-state index contributed by atoms with van der Waals surface area (Å²) in [5.41, 5.74) is 15.3. The predicted molar refractivity (Wildman–Crippen MR) is 261 cm³/mol. The number of aliphatic imine (C=N–C) groups is 1. The second kappa shape index (κ2) is 16.6. The number of hydrogen-bond donors (Lipinski definition) is 0. The highest BCUT2D eigenvalue weighted by molar-refractivity contribution is 6.15. The fraction of sp³-hybridized carbons (Fsp3) is 0.0678. The Morgan fingerprint density at radius 2 is 1.15 bits per heavy atom. The first-order chi connectivity index (χ1) is 30.1. The quantitative estimate of drug-likeness (QED) is 0.127. The third-order valence-electron chi connectivity index (χ3n) is 11.6. The van der Waals surface area contributed by atoms with E-state index >= 15 is 0 Å². The van der Waals surface area contributed by atoms with Crippen molar-refractivity contribution in [1.29, 1.82) is 0 Å². The second-order valence-corrected chi connectivity index (χ2v) is 15.9. The molecule has 10 aromatic rings. The molecule has 0 saturated heterocycles. The summed E-state index contributed by atoms with van der Waals surface area (Å²) >= 11 is 0. The maximum absolute atomic E-state index is 6.56. The van der Waals surface area contributed by atoms with Crippen molar-refractivity contribution in [3.8, 4) is 33.4 Å². The fourth-order valence-corrected chi connectivity index (χ4v) is 8.70.